The molecule has 144 valence electrons. The Labute approximate surface area is 177 Å². The number of carbonyl (C=O) groups excluding carboxylic acids is 1. The third kappa shape index (κ3) is 4.30. The number of aryl methyl sites for hydroxylation is 1. The summed E-state index contributed by atoms with van der Waals surface area (Å²) in [5.41, 5.74) is 4.02. The SMILES string of the molecule is Cc1ccccc1COc1ccccc1/C=C1\N=C(c2ccccc2Br)OC1=O. The molecule has 4 rings (SSSR count). The van der Waals surface area contributed by atoms with Gasteiger partial charge in [-0.3, -0.25) is 0 Å². The lowest BCUT2D eigenvalue weighted by Gasteiger charge is -2.11. The number of carbonyl (C=O) groups is 1. The van der Waals surface area contributed by atoms with E-state index in [0.717, 1.165) is 21.2 Å². The molecule has 1 heterocycles. The Morgan fingerprint density at radius 2 is 1.72 bits per heavy atom. The molecule has 4 nitrogen and oxygen atoms in total. The number of nitrogens with zero attached hydrogens (tertiary/aromatic N) is 1. The fraction of sp³-hybridized carbons (Fsp3) is 0.0833. The summed E-state index contributed by atoms with van der Waals surface area (Å²) >= 11 is 3.46. The molecule has 0 N–H and O–H groups in total. The lowest BCUT2D eigenvalue weighted by Crippen LogP contribution is -2.06. The molecule has 1 aliphatic rings. The summed E-state index contributed by atoms with van der Waals surface area (Å²) in [6.07, 6.45) is 1.69. The highest BCUT2D eigenvalue weighted by molar-refractivity contribution is 9.10. The van der Waals surface area contributed by atoms with Gasteiger partial charge in [0.1, 0.15) is 12.4 Å². The summed E-state index contributed by atoms with van der Waals surface area (Å²) in [6.45, 7) is 2.50. The number of hydrogen-bond acceptors (Lipinski definition) is 4. The Morgan fingerprint density at radius 1 is 1.00 bits per heavy atom. The van der Waals surface area contributed by atoms with E-state index in [0.29, 0.717) is 12.4 Å². The molecule has 3 aromatic rings. The zero-order valence-electron chi connectivity index (χ0n) is 15.8. The predicted octanol–water partition coefficient (Wildman–Crippen LogP) is 5.68. The van der Waals surface area contributed by atoms with Gasteiger partial charge in [0.05, 0.1) is 5.56 Å². The largest absolute Gasteiger partial charge is 0.488 e. The lowest BCUT2D eigenvalue weighted by atomic mass is 10.1. The van der Waals surface area contributed by atoms with Crippen molar-refractivity contribution in [2.24, 2.45) is 4.99 Å². The molecule has 0 fully saturated rings. The van der Waals surface area contributed by atoms with Gasteiger partial charge in [0, 0.05) is 10.0 Å². The van der Waals surface area contributed by atoms with E-state index in [1.165, 1.54) is 5.56 Å². The maximum Gasteiger partial charge on any atom is 0.363 e. The van der Waals surface area contributed by atoms with Crippen molar-refractivity contribution in [3.05, 3.63) is 105 Å². The molecule has 5 heteroatoms. The van der Waals surface area contributed by atoms with Crippen molar-refractivity contribution in [1.82, 2.24) is 0 Å². The summed E-state index contributed by atoms with van der Waals surface area (Å²) in [4.78, 5) is 16.7. The Hall–Kier alpha value is -3.18. The topological polar surface area (TPSA) is 47.9 Å². The van der Waals surface area contributed by atoms with E-state index >= 15 is 0 Å². The van der Waals surface area contributed by atoms with Gasteiger partial charge in [-0.1, -0.05) is 54.6 Å². The highest BCUT2D eigenvalue weighted by Crippen LogP contribution is 2.27. The van der Waals surface area contributed by atoms with Crippen LogP contribution in [0.2, 0.25) is 0 Å². The number of esters is 1. The van der Waals surface area contributed by atoms with Crippen molar-refractivity contribution < 1.29 is 14.3 Å². The summed E-state index contributed by atoms with van der Waals surface area (Å²) in [5.74, 6) is 0.483. The van der Waals surface area contributed by atoms with Crippen LogP contribution in [0.4, 0.5) is 0 Å². The average Bonchev–Trinajstić information content (AvgIpc) is 3.09. The first-order valence-electron chi connectivity index (χ1n) is 9.15. The number of halogens is 1. The first kappa shape index (κ1) is 19.2. The van der Waals surface area contributed by atoms with Crippen molar-refractivity contribution in [1.29, 1.82) is 0 Å². The molecule has 0 spiro atoms. The van der Waals surface area contributed by atoms with Crippen LogP contribution in [-0.4, -0.2) is 11.9 Å². The Morgan fingerprint density at radius 3 is 2.55 bits per heavy atom. The van der Waals surface area contributed by atoms with Gasteiger partial charge >= 0.3 is 5.97 Å². The molecule has 1 aliphatic heterocycles. The van der Waals surface area contributed by atoms with Crippen LogP contribution in [0, 0.1) is 6.92 Å². The van der Waals surface area contributed by atoms with Crippen LogP contribution in [-0.2, 0) is 16.1 Å². The number of para-hydroxylation sites is 1. The third-order valence-corrected chi connectivity index (χ3v) is 5.27. The standard InChI is InChI=1S/C24H18BrNO3/c1-16-8-2-3-10-18(16)15-28-22-13-7-4-9-17(22)14-21-24(27)29-23(26-21)19-11-5-6-12-20(19)25/h2-14H,15H2,1H3/b21-14-. The van der Waals surface area contributed by atoms with E-state index in [4.69, 9.17) is 9.47 Å². The molecule has 0 bridgehead atoms. The maximum absolute atomic E-state index is 12.3. The second kappa shape index (κ2) is 8.45. The van der Waals surface area contributed by atoms with Gasteiger partial charge in [-0.2, -0.15) is 0 Å². The van der Waals surface area contributed by atoms with Gasteiger partial charge in [-0.05, 0) is 58.3 Å². The molecule has 0 saturated heterocycles. The molecule has 0 aliphatic carbocycles. The zero-order valence-corrected chi connectivity index (χ0v) is 17.3. The molecule has 0 aromatic heterocycles. The van der Waals surface area contributed by atoms with Crippen molar-refractivity contribution in [2.75, 3.05) is 0 Å². The van der Waals surface area contributed by atoms with E-state index in [1.54, 1.807) is 6.08 Å². The minimum absolute atomic E-state index is 0.239. The van der Waals surface area contributed by atoms with E-state index in [9.17, 15) is 4.79 Å². The van der Waals surface area contributed by atoms with Crippen LogP contribution in [0.25, 0.3) is 6.08 Å². The Bertz CT molecular complexity index is 1130. The van der Waals surface area contributed by atoms with Crippen LogP contribution in [0.3, 0.4) is 0 Å². The van der Waals surface area contributed by atoms with E-state index < -0.39 is 5.97 Å². The fourth-order valence-corrected chi connectivity index (χ4v) is 3.42. The molecule has 3 aromatic carbocycles. The van der Waals surface area contributed by atoms with Gasteiger partial charge in [0.25, 0.3) is 0 Å². The Kier molecular flexibility index (Phi) is 5.58. The highest BCUT2D eigenvalue weighted by Gasteiger charge is 2.25. The third-order valence-electron chi connectivity index (χ3n) is 4.58. The summed E-state index contributed by atoms with van der Waals surface area (Å²) in [7, 11) is 0. The van der Waals surface area contributed by atoms with Crippen LogP contribution in [0.5, 0.6) is 5.75 Å². The van der Waals surface area contributed by atoms with Crippen molar-refractivity contribution in [3.63, 3.8) is 0 Å². The minimum atomic E-state index is -0.482. The molecule has 0 unspecified atom stereocenters. The van der Waals surface area contributed by atoms with Crippen molar-refractivity contribution in [2.45, 2.75) is 13.5 Å². The second-order valence-corrected chi connectivity index (χ2v) is 7.42. The second-order valence-electron chi connectivity index (χ2n) is 6.57. The summed E-state index contributed by atoms with van der Waals surface area (Å²) in [6, 6.07) is 23.1. The van der Waals surface area contributed by atoms with E-state index in [2.05, 4.69) is 33.9 Å². The number of cyclic esters (lactones) is 1. The normalized spacial score (nSPS) is 14.6. The average molecular weight is 448 g/mol. The zero-order chi connectivity index (χ0) is 20.2. The van der Waals surface area contributed by atoms with Crippen LogP contribution >= 0.6 is 15.9 Å². The van der Waals surface area contributed by atoms with Gasteiger partial charge in [-0.25, -0.2) is 9.79 Å². The number of ether oxygens (including phenoxy) is 2. The lowest BCUT2D eigenvalue weighted by molar-refractivity contribution is -0.129. The molecule has 0 atom stereocenters. The first-order valence-corrected chi connectivity index (χ1v) is 9.95. The number of hydrogen-bond donors (Lipinski definition) is 0. The quantitative estimate of drug-likeness (QED) is 0.373. The molecule has 0 radical (unpaired) electrons. The number of benzene rings is 3. The van der Waals surface area contributed by atoms with Gasteiger partial charge in [-0.15, -0.1) is 0 Å². The molecular formula is C24H18BrNO3. The van der Waals surface area contributed by atoms with Crippen LogP contribution in [0.1, 0.15) is 22.3 Å². The van der Waals surface area contributed by atoms with E-state index in [1.807, 2.05) is 66.7 Å². The van der Waals surface area contributed by atoms with Crippen LogP contribution in [0.15, 0.2) is 88.0 Å². The van der Waals surface area contributed by atoms with E-state index in [-0.39, 0.29) is 11.6 Å². The molecule has 0 amide bonds. The molecular weight excluding hydrogens is 430 g/mol. The monoisotopic (exact) mass is 447 g/mol. The summed E-state index contributed by atoms with van der Waals surface area (Å²) < 4.78 is 12.2. The maximum atomic E-state index is 12.3. The van der Waals surface area contributed by atoms with Gasteiger partial charge in [0.15, 0.2) is 5.70 Å². The van der Waals surface area contributed by atoms with Crippen molar-refractivity contribution in [3.8, 4) is 5.75 Å². The molecule has 0 saturated carbocycles. The predicted molar refractivity (Wildman–Crippen MR) is 117 cm³/mol. The molecule has 29 heavy (non-hydrogen) atoms. The highest BCUT2D eigenvalue weighted by atomic mass is 79.9. The minimum Gasteiger partial charge on any atom is -0.488 e. The summed E-state index contributed by atoms with van der Waals surface area (Å²) in [5, 5.41) is 0. The fourth-order valence-electron chi connectivity index (χ4n) is 2.97. The number of aliphatic imine (C=N–C) groups is 1. The first-order chi connectivity index (χ1) is 14.1. The van der Waals surface area contributed by atoms with Gasteiger partial charge in [0.2, 0.25) is 5.90 Å². The van der Waals surface area contributed by atoms with Gasteiger partial charge < -0.3 is 9.47 Å². The smallest absolute Gasteiger partial charge is 0.363 e. The number of rotatable bonds is 5. The Balaban J connectivity index is 1.61. The van der Waals surface area contributed by atoms with Crippen molar-refractivity contribution >= 4 is 33.9 Å². The van der Waals surface area contributed by atoms with Crippen LogP contribution < -0.4 is 4.74 Å².